The van der Waals surface area contributed by atoms with Crippen molar-refractivity contribution in [3.8, 4) is 0 Å². The Balaban J connectivity index is 2.05. The van der Waals surface area contributed by atoms with Crippen molar-refractivity contribution in [1.29, 1.82) is 0 Å². The number of aromatic nitrogens is 1. The Morgan fingerprint density at radius 3 is 3.00 bits per heavy atom. The van der Waals surface area contributed by atoms with Crippen LogP contribution in [0.1, 0.15) is 32.3 Å². The van der Waals surface area contributed by atoms with Gasteiger partial charge in [0.1, 0.15) is 0 Å². The summed E-state index contributed by atoms with van der Waals surface area (Å²) in [6.07, 6.45) is 5.31. The number of hydrogen-bond acceptors (Lipinski definition) is 3. The topological polar surface area (TPSA) is 36.4 Å². The van der Waals surface area contributed by atoms with Crippen molar-refractivity contribution in [3.63, 3.8) is 0 Å². The summed E-state index contributed by atoms with van der Waals surface area (Å²) in [6.45, 7) is 6.29. The molecule has 88 valence electrons. The molecule has 1 aromatic heterocycles. The van der Waals surface area contributed by atoms with Gasteiger partial charge in [-0.15, -0.1) is 0 Å². The summed E-state index contributed by atoms with van der Waals surface area (Å²) >= 11 is 0. The van der Waals surface area contributed by atoms with Crippen LogP contribution in [-0.2, 0) is 6.54 Å². The first kappa shape index (κ1) is 11.6. The van der Waals surface area contributed by atoms with Crippen LogP contribution in [0.4, 0.5) is 0 Å². The van der Waals surface area contributed by atoms with Crippen molar-refractivity contribution in [2.45, 2.75) is 44.9 Å². The highest BCUT2D eigenvalue weighted by molar-refractivity contribution is 5.09. The van der Waals surface area contributed by atoms with Crippen LogP contribution >= 0.6 is 0 Å². The Kier molecular flexibility index (Phi) is 3.26. The van der Waals surface area contributed by atoms with Gasteiger partial charge in [-0.05, 0) is 38.3 Å². The van der Waals surface area contributed by atoms with Crippen molar-refractivity contribution >= 4 is 0 Å². The molecule has 2 heterocycles. The molecule has 1 unspecified atom stereocenters. The van der Waals surface area contributed by atoms with Crippen LogP contribution in [-0.4, -0.2) is 33.2 Å². The predicted octanol–water partition coefficient (Wildman–Crippen LogP) is 1.82. The van der Waals surface area contributed by atoms with E-state index in [0.29, 0.717) is 0 Å². The second kappa shape index (κ2) is 4.52. The summed E-state index contributed by atoms with van der Waals surface area (Å²) < 4.78 is 0. The van der Waals surface area contributed by atoms with E-state index in [0.717, 1.165) is 25.9 Å². The Bertz CT molecular complexity index is 337. The lowest BCUT2D eigenvalue weighted by Crippen LogP contribution is -2.50. The summed E-state index contributed by atoms with van der Waals surface area (Å²) in [7, 11) is 0. The molecular formula is C13H20N2O. The minimum Gasteiger partial charge on any atom is -0.393 e. The highest BCUT2D eigenvalue weighted by Crippen LogP contribution is 2.28. The van der Waals surface area contributed by atoms with E-state index in [1.165, 1.54) is 5.56 Å². The van der Waals surface area contributed by atoms with Crippen LogP contribution in [0.5, 0.6) is 0 Å². The maximum atomic E-state index is 9.69. The minimum absolute atomic E-state index is 0.0769. The molecule has 16 heavy (non-hydrogen) atoms. The molecule has 3 nitrogen and oxygen atoms in total. The molecule has 0 aliphatic carbocycles. The minimum atomic E-state index is -0.139. The van der Waals surface area contributed by atoms with Gasteiger partial charge in [-0.1, -0.05) is 6.07 Å². The standard InChI is InChI=1S/C13H20N2O/c1-13(2)8-12(16)5-7-15(13)10-11-4-3-6-14-9-11/h3-4,6,9,12,16H,5,7-8,10H2,1-2H3. The van der Waals surface area contributed by atoms with Crippen LogP contribution in [0.3, 0.4) is 0 Å². The normalized spacial score (nSPS) is 25.6. The first-order chi connectivity index (χ1) is 7.58. The van der Waals surface area contributed by atoms with Crippen molar-refractivity contribution in [2.24, 2.45) is 0 Å². The lowest BCUT2D eigenvalue weighted by molar-refractivity contribution is -0.00721. The first-order valence-corrected chi connectivity index (χ1v) is 5.90. The molecule has 1 aromatic rings. The monoisotopic (exact) mass is 220 g/mol. The van der Waals surface area contributed by atoms with Gasteiger partial charge in [-0.3, -0.25) is 9.88 Å². The van der Waals surface area contributed by atoms with Gasteiger partial charge in [-0.2, -0.15) is 0 Å². The van der Waals surface area contributed by atoms with E-state index < -0.39 is 0 Å². The zero-order valence-electron chi connectivity index (χ0n) is 10.1. The lowest BCUT2D eigenvalue weighted by atomic mass is 9.88. The van der Waals surface area contributed by atoms with Crippen molar-refractivity contribution in [2.75, 3.05) is 6.54 Å². The third kappa shape index (κ3) is 2.60. The second-order valence-electron chi connectivity index (χ2n) is 5.24. The van der Waals surface area contributed by atoms with Crippen molar-refractivity contribution in [3.05, 3.63) is 30.1 Å². The van der Waals surface area contributed by atoms with Gasteiger partial charge >= 0.3 is 0 Å². The van der Waals surface area contributed by atoms with Crippen molar-refractivity contribution in [1.82, 2.24) is 9.88 Å². The van der Waals surface area contributed by atoms with E-state index >= 15 is 0 Å². The summed E-state index contributed by atoms with van der Waals surface area (Å²) in [5.41, 5.74) is 1.32. The fourth-order valence-corrected chi connectivity index (χ4v) is 2.42. The van der Waals surface area contributed by atoms with Gasteiger partial charge in [-0.25, -0.2) is 0 Å². The molecule has 0 spiro atoms. The van der Waals surface area contributed by atoms with Gasteiger partial charge in [0.05, 0.1) is 6.10 Å². The summed E-state index contributed by atoms with van der Waals surface area (Å²) in [5.74, 6) is 0. The molecule has 1 saturated heterocycles. The zero-order valence-corrected chi connectivity index (χ0v) is 10.1. The predicted molar refractivity (Wildman–Crippen MR) is 64.0 cm³/mol. The molecule has 0 aromatic carbocycles. The summed E-state index contributed by atoms with van der Waals surface area (Å²) in [6, 6.07) is 4.08. The number of hydrogen-bond donors (Lipinski definition) is 1. The lowest BCUT2D eigenvalue weighted by Gasteiger charge is -2.44. The Labute approximate surface area is 97.1 Å². The van der Waals surface area contributed by atoms with Crippen LogP contribution < -0.4 is 0 Å². The van der Waals surface area contributed by atoms with Gasteiger partial charge in [0.25, 0.3) is 0 Å². The number of likely N-dealkylation sites (tertiary alicyclic amines) is 1. The maximum Gasteiger partial charge on any atom is 0.0569 e. The molecule has 0 radical (unpaired) electrons. The molecule has 1 aliphatic heterocycles. The van der Waals surface area contributed by atoms with Gasteiger partial charge in [0.2, 0.25) is 0 Å². The number of piperidine rings is 1. The van der Waals surface area contributed by atoms with Crippen LogP contribution in [0.15, 0.2) is 24.5 Å². The van der Waals surface area contributed by atoms with Crippen LogP contribution in [0.25, 0.3) is 0 Å². The van der Waals surface area contributed by atoms with E-state index in [1.54, 1.807) is 6.20 Å². The number of rotatable bonds is 2. The van der Waals surface area contributed by atoms with E-state index in [1.807, 2.05) is 12.3 Å². The van der Waals surface area contributed by atoms with E-state index in [4.69, 9.17) is 0 Å². The van der Waals surface area contributed by atoms with E-state index in [2.05, 4.69) is 29.8 Å². The highest BCUT2D eigenvalue weighted by Gasteiger charge is 2.33. The number of pyridine rings is 1. The first-order valence-electron chi connectivity index (χ1n) is 5.90. The molecule has 1 aliphatic rings. The SMILES string of the molecule is CC1(C)CC(O)CCN1Cc1cccnc1. The molecule has 2 rings (SSSR count). The highest BCUT2D eigenvalue weighted by atomic mass is 16.3. The molecule has 1 fully saturated rings. The van der Waals surface area contributed by atoms with Crippen LogP contribution in [0.2, 0.25) is 0 Å². The maximum absolute atomic E-state index is 9.69. The Hall–Kier alpha value is -0.930. The molecule has 1 atom stereocenters. The fraction of sp³-hybridized carbons (Fsp3) is 0.615. The second-order valence-corrected chi connectivity index (χ2v) is 5.24. The Morgan fingerprint density at radius 2 is 2.38 bits per heavy atom. The third-order valence-electron chi connectivity index (χ3n) is 3.42. The number of nitrogens with zero attached hydrogens (tertiary/aromatic N) is 2. The quantitative estimate of drug-likeness (QED) is 0.826. The molecule has 0 bridgehead atoms. The number of aliphatic hydroxyl groups excluding tert-OH is 1. The summed E-state index contributed by atoms with van der Waals surface area (Å²) in [4.78, 5) is 6.56. The Morgan fingerprint density at radius 1 is 1.56 bits per heavy atom. The summed E-state index contributed by atoms with van der Waals surface area (Å²) in [5, 5.41) is 9.69. The van der Waals surface area contributed by atoms with E-state index in [-0.39, 0.29) is 11.6 Å². The van der Waals surface area contributed by atoms with Crippen LogP contribution in [0, 0.1) is 0 Å². The molecule has 1 N–H and O–H groups in total. The van der Waals surface area contributed by atoms with Gasteiger partial charge in [0, 0.05) is 31.0 Å². The molecule has 3 heteroatoms. The van der Waals surface area contributed by atoms with Gasteiger partial charge in [0.15, 0.2) is 0 Å². The van der Waals surface area contributed by atoms with E-state index in [9.17, 15) is 5.11 Å². The van der Waals surface area contributed by atoms with Gasteiger partial charge < -0.3 is 5.11 Å². The number of aliphatic hydroxyl groups is 1. The molecule has 0 amide bonds. The smallest absolute Gasteiger partial charge is 0.0569 e. The van der Waals surface area contributed by atoms with Crippen molar-refractivity contribution < 1.29 is 5.11 Å². The average molecular weight is 220 g/mol. The molecule has 0 saturated carbocycles. The fourth-order valence-electron chi connectivity index (χ4n) is 2.42. The third-order valence-corrected chi connectivity index (χ3v) is 3.42. The largest absolute Gasteiger partial charge is 0.393 e. The molecular weight excluding hydrogens is 200 g/mol. The average Bonchev–Trinajstić information content (AvgIpc) is 2.23. The zero-order chi connectivity index (χ0) is 11.6.